The summed E-state index contributed by atoms with van der Waals surface area (Å²) in [6.07, 6.45) is 7.69. The number of hydrogen-bond donors (Lipinski definition) is 6. The molecular formula is C31H63N9O3S2. The Labute approximate surface area is 277 Å². The van der Waals surface area contributed by atoms with Crippen LogP contribution in [0.2, 0.25) is 0 Å². The molecule has 14 heteroatoms. The van der Waals surface area contributed by atoms with E-state index in [1.165, 1.54) is 0 Å². The lowest BCUT2D eigenvalue weighted by Gasteiger charge is -2.50. The first kappa shape index (κ1) is 36.2. The van der Waals surface area contributed by atoms with Crippen LogP contribution < -0.4 is 32.1 Å². The fraction of sp³-hybridized carbons (Fsp3) is 1.00. The standard InChI is InChI=1S/C31H63N9O3S2/c1-22-21-26(37-36-22)33-28-27(43-6)29(40-19-17-39(18-20-40)16-15-38(4)5)35-30(34-28)44-23-10-12-24(13-11-23)45(41,42)31(2,3)25-9-7-8-14-32-25/h22-30,32-37H,7-21H2,1-6H3. The smallest absolute Gasteiger partial charge is 0.159 e. The van der Waals surface area contributed by atoms with E-state index in [1.807, 2.05) is 32.7 Å². The number of likely N-dealkylation sites (N-methyl/N-ethyl adjacent to an activating group) is 1. The molecule has 1 saturated carbocycles. The largest absolute Gasteiger partial charge is 0.375 e. The van der Waals surface area contributed by atoms with Crippen LogP contribution >= 0.6 is 11.8 Å². The summed E-state index contributed by atoms with van der Waals surface area (Å²) in [7, 11) is 2.85. The van der Waals surface area contributed by atoms with Crippen molar-refractivity contribution in [3.05, 3.63) is 0 Å². The number of rotatable bonds is 12. The molecular weight excluding hydrogens is 611 g/mol. The number of ether oxygens (including phenoxy) is 1. The number of hydrogen-bond acceptors (Lipinski definition) is 13. The summed E-state index contributed by atoms with van der Waals surface area (Å²) >= 11 is 1.94. The third-order valence-electron chi connectivity index (χ3n) is 11.0. The summed E-state index contributed by atoms with van der Waals surface area (Å²) < 4.78 is 33.3. The van der Waals surface area contributed by atoms with Gasteiger partial charge in [-0.25, -0.2) is 13.8 Å². The molecule has 4 saturated heterocycles. The normalized spacial score (nSPS) is 38.2. The zero-order valence-corrected chi connectivity index (χ0v) is 30.3. The van der Waals surface area contributed by atoms with Gasteiger partial charge in [-0.15, -0.1) is 11.8 Å². The summed E-state index contributed by atoms with van der Waals surface area (Å²) in [4.78, 5) is 7.39. The van der Waals surface area contributed by atoms with Gasteiger partial charge in [0.15, 0.2) is 9.84 Å². The number of hydrazine groups is 1. The van der Waals surface area contributed by atoms with Gasteiger partial charge in [0.25, 0.3) is 0 Å². The van der Waals surface area contributed by atoms with Crippen molar-refractivity contribution in [3.63, 3.8) is 0 Å². The van der Waals surface area contributed by atoms with E-state index >= 15 is 0 Å². The molecule has 262 valence electrons. The van der Waals surface area contributed by atoms with Crippen LogP contribution in [0.25, 0.3) is 0 Å². The topological polar surface area (TPSA) is 125 Å². The third kappa shape index (κ3) is 8.93. The average molecular weight is 674 g/mol. The van der Waals surface area contributed by atoms with Crippen molar-refractivity contribution in [3.8, 4) is 0 Å². The molecule has 4 aliphatic heterocycles. The summed E-state index contributed by atoms with van der Waals surface area (Å²) in [6, 6.07) is 0.461. The van der Waals surface area contributed by atoms with E-state index in [1.54, 1.807) is 0 Å². The minimum atomic E-state index is -3.25. The number of nitrogens with zero attached hydrogens (tertiary/aromatic N) is 3. The molecule has 0 spiro atoms. The number of thioether (sulfide) groups is 1. The van der Waals surface area contributed by atoms with E-state index in [0.29, 0.717) is 11.3 Å². The van der Waals surface area contributed by atoms with Crippen LogP contribution in [0.4, 0.5) is 0 Å². The summed E-state index contributed by atoms with van der Waals surface area (Å²) in [5.41, 5.74) is 6.78. The highest BCUT2D eigenvalue weighted by Gasteiger charge is 2.48. The molecule has 5 fully saturated rings. The number of methoxy groups -OCH3 is 1. The van der Waals surface area contributed by atoms with E-state index < -0.39 is 14.6 Å². The average Bonchev–Trinajstić information content (AvgIpc) is 3.44. The number of nitrogens with one attached hydrogen (secondary N) is 6. The van der Waals surface area contributed by atoms with Crippen molar-refractivity contribution in [1.29, 1.82) is 0 Å². The van der Waals surface area contributed by atoms with Gasteiger partial charge in [-0.2, -0.15) is 0 Å². The molecule has 5 aliphatic rings. The lowest BCUT2D eigenvalue weighted by atomic mass is 9.94. The lowest BCUT2D eigenvalue weighted by Crippen LogP contribution is -2.75. The van der Waals surface area contributed by atoms with Gasteiger partial charge in [0.05, 0.1) is 28.5 Å². The molecule has 0 bridgehead atoms. The van der Waals surface area contributed by atoms with Crippen LogP contribution in [-0.4, -0.2) is 148 Å². The lowest BCUT2D eigenvalue weighted by molar-refractivity contribution is -0.0680. The van der Waals surface area contributed by atoms with Gasteiger partial charge < -0.3 is 15.0 Å². The van der Waals surface area contributed by atoms with Crippen LogP contribution in [0.1, 0.15) is 72.1 Å². The zero-order valence-electron chi connectivity index (χ0n) is 28.7. The third-order valence-corrected chi connectivity index (χ3v) is 15.5. The van der Waals surface area contributed by atoms with Gasteiger partial charge in [-0.3, -0.25) is 31.2 Å². The van der Waals surface area contributed by atoms with Crippen molar-refractivity contribution in [2.75, 3.05) is 67.0 Å². The predicted octanol–water partition coefficient (Wildman–Crippen LogP) is 0.491. The molecule has 6 N–H and O–H groups in total. The maximum absolute atomic E-state index is 13.9. The molecule has 0 aromatic rings. The summed E-state index contributed by atoms with van der Waals surface area (Å²) in [6.45, 7) is 13.3. The maximum Gasteiger partial charge on any atom is 0.159 e. The Morgan fingerprint density at radius 3 is 2.33 bits per heavy atom. The Balaban J connectivity index is 1.21. The summed E-state index contributed by atoms with van der Waals surface area (Å²) in [5.74, 6) is 0. The highest BCUT2D eigenvalue weighted by atomic mass is 32.2. The molecule has 4 heterocycles. The second-order valence-electron chi connectivity index (χ2n) is 14.8. The first-order valence-electron chi connectivity index (χ1n) is 17.5. The Morgan fingerprint density at radius 1 is 1.00 bits per heavy atom. The highest BCUT2D eigenvalue weighted by Crippen LogP contribution is 2.39. The first-order valence-corrected chi connectivity index (χ1v) is 20.0. The van der Waals surface area contributed by atoms with Gasteiger partial charge in [-0.05, 0) is 86.4 Å². The van der Waals surface area contributed by atoms with Crippen molar-refractivity contribution >= 4 is 21.6 Å². The number of sulfone groups is 1. The molecule has 0 aromatic heterocycles. The van der Waals surface area contributed by atoms with E-state index in [2.05, 4.69) is 67.8 Å². The quantitative estimate of drug-likeness (QED) is 0.172. The Hall–Kier alpha value is -0.100. The van der Waals surface area contributed by atoms with Crippen LogP contribution in [0.5, 0.6) is 0 Å². The van der Waals surface area contributed by atoms with Crippen molar-refractivity contribution in [2.45, 2.75) is 130 Å². The maximum atomic E-state index is 13.9. The van der Waals surface area contributed by atoms with E-state index in [-0.39, 0.29) is 41.4 Å². The fourth-order valence-corrected chi connectivity index (χ4v) is 11.7. The van der Waals surface area contributed by atoms with Crippen LogP contribution in [-0.2, 0) is 14.6 Å². The SMILES string of the molecule is COC1C(NC2CC(C)NN2)NC(SC2CCC(S(=O)(=O)C(C)(C)C3CCCCN3)CC2)NC1N1CCN(CCN(C)C)CC1. The molecule has 7 atom stereocenters. The Bertz CT molecular complexity index is 1020. The van der Waals surface area contributed by atoms with Gasteiger partial charge in [-0.1, -0.05) is 6.42 Å². The minimum Gasteiger partial charge on any atom is -0.375 e. The molecule has 12 nitrogen and oxygen atoms in total. The Kier molecular flexibility index (Phi) is 12.9. The molecule has 0 aromatic carbocycles. The predicted molar refractivity (Wildman–Crippen MR) is 185 cm³/mol. The van der Waals surface area contributed by atoms with E-state index in [0.717, 1.165) is 97.2 Å². The molecule has 5 rings (SSSR count). The van der Waals surface area contributed by atoms with Crippen LogP contribution in [0.3, 0.4) is 0 Å². The first-order chi connectivity index (χ1) is 21.5. The van der Waals surface area contributed by atoms with Gasteiger partial charge >= 0.3 is 0 Å². The second-order valence-corrected chi connectivity index (χ2v) is 19.1. The van der Waals surface area contributed by atoms with E-state index in [9.17, 15) is 8.42 Å². The van der Waals surface area contributed by atoms with Gasteiger partial charge in [0.1, 0.15) is 11.6 Å². The van der Waals surface area contributed by atoms with Gasteiger partial charge in [0, 0.05) is 63.7 Å². The summed E-state index contributed by atoms with van der Waals surface area (Å²) in [5, 5.41) is 15.3. The zero-order chi connectivity index (χ0) is 32.2. The number of piperidine rings is 1. The molecule has 0 radical (unpaired) electrons. The van der Waals surface area contributed by atoms with Gasteiger partial charge in [0.2, 0.25) is 0 Å². The monoisotopic (exact) mass is 673 g/mol. The highest BCUT2D eigenvalue weighted by molar-refractivity contribution is 8.00. The minimum absolute atomic E-state index is 0.0318. The van der Waals surface area contributed by atoms with Crippen LogP contribution in [0, 0.1) is 0 Å². The van der Waals surface area contributed by atoms with Crippen LogP contribution in [0.15, 0.2) is 0 Å². The van der Waals surface area contributed by atoms with E-state index in [4.69, 9.17) is 4.74 Å². The Morgan fingerprint density at radius 2 is 1.73 bits per heavy atom. The molecule has 7 unspecified atom stereocenters. The molecule has 1 aliphatic carbocycles. The second kappa shape index (κ2) is 16.1. The van der Waals surface area contributed by atoms with Crippen molar-refractivity contribution < 1.29 is 13.2 Å². The number of piperazine rings is 1. The molecule has 45 heavy (non-hydrogen) atoms. The van der Waals surface area contributed by atoms with Crippen molar-refractivity contribution in [1.82, 2.24) is 46.8 Å². The fourth-order valence-electron chi connectivity index (χ4n) is 7.93. The van der Waals surface area contributed by atoms with Crippen molar-refractivity contribution in [2.24, 2.45) is 0 Å². The molecule has 0 amide bonds.